The molecule has 3 rings (SSSR count). The van der Waals surface area contributed by atoms with Crippen LogP contribution in [-0.4, -0.2) is 45.5 Å². The van der Waals surface area contributed by atoms with E-state index in [0.29, 0.717) is 36.2 Å². The van der Waals surface area contributed by atoms with Gasteiger partial charge in [-0.15, -0.1) is 0 Å². The maximum atomic E-state index is 12.8. The van der Waals surface area contributed by atoms with E-state index in [1.807, 2.05) is 14.0 Å². The number of hydrogen-bond acceptors (Lipinski definition) is 4. The third kappa shape index (κ3) is 2.85. The quantitative estimate of drug-likeness (QED) is 0.906. The Bertz CT molecular complexity index is 678. The van der Waals surface area contributed by atoms with Crippen LogP contribution in [0, 0.1) is 5.92 Å². The van der Waals surface area contributed by atoms with Crippen molar-refractivity contribution in [1.29, 1.82) is 0 Å². The summed E-state index contributed by atoms with van der Waals surface area (Å²) in [5.41, 5.74) is 0.879. The zero-order valence-electron chi connectivity index (χ0n) is 12.8. The van der Waals surface area contributed by atoms with Crippen molar-refractivity contribution in [3.05, 3.63) is 22.7 Å². The first-order chi connectivity index (χ1) is 10.4. The van der Waals surface area contributed by atoms with E-state index < -0.39 is 10.0 Å². The van der Waals surface area contributed by atoms with Crippen LogP contribution in [0.25, 0.3) is 0 Å². The van der Waals surface area contributed by atoms with E-state index in [1.165, 1.54) is 6.07 Å². The predicted octanol–water partition coefficient (Wildman–Crippen LogP) is 1.89. The molecular formula is C15H21ClN2O3S. The van der Waals surface area contributed by atoms with Crippen LogP contribution >= 0.6 is 11.6 Å². The van der Waals surface area contributed by atoms with Gasteiger partial charge in [-0.3, -0.25) is 0 Å². The van der Waals surface area contributed by atoms with Crippen LogP contribution in [-0.2, 0) is 16.4 Å². The van der Waals surface area contributed by atoms with Crippen LogP contribution in [0.4, 0.5) is 0 Å². The molecule has 0 saturated carbocycles. The fraction of sp³-hybridized carbons (Fsp3) is 0.600. The highest BCUT2D eigenvalue weighted by atomic mass is 35.5. The maximum absolute atomic E-state index is 12.8. The van der Waals surface area contributed by atoms with E-state index in [4.69, 9.17) is 16.3 Å². The normalized spacial score (nSPS) is 25.2. The number of ether oxygens (including phenoxy) is 1. The van der Waals surface area contributed by atoms with Gasteiger partial charge in [0.15, 0.2) is 0 Å². The zero-order chi connectivity index (χ0) is 15.9. The molecule has 1 fully saturated rings. The molecule has 2 aliphatic heterocycles. The molecule has 0 bridgehead atoms. The number of sulfonamides is 1. The van der Waals surface area contributed by atoms with Gasteiger partial charge in [-0.2, -0.15) is 4.31 Å². The van der Waals surface area contributed by atoms with Crippen molar-refractivity contribution in [3.8, 4) is 5.75 Å². The smallest absolute Gasteiger partial charge is 0.243 e. The summed E-state index contributed by atoms with van der Waals surface area (Å²) >= 11 is 6.21. The lowest BCUT2D eigenvalue weighted by Crippen LogP contribution is -2.30. The molecule has 1 saturated heterocycles. The highest BCUT2D eigenvalue weighted by Crippen LogP contribution is 2.39. The summed E-state index contributed by atoms with van der Waals surface area (Å²) in [5.74, 6) is 0.996. The highest BCUT2D eigenvalue weighted by molar-refractivity contribution is 7.89. The van der Waals surface area contributed by atoms with Gasteiger partial charge < -0.3 is 10.1 Å². The molecule has 2 aliphatic rings. The lowest BCUT2D eigenvalue weighted by atomic mass is 10.1. The average Bonchev–Trinajstić information content (AvgIpc) is 3.05. The number of halogens is 1. The minimum Gasteiger partial charge on any atom is -0.489 e. The summed E-state index contributed by atoms with van der Waals surface area (Å²) in [7, 11) is -1.60. The van der Waals surface area contributed by atoms with E-state index >= 15 is 0 Å². The molecule has 0 radical (unpaired) electrons. The molecule has 1 N–H and O–H groups in total. The van der Waals surface area contributed by atoms with Gasteiger partial charge >= 0.3 is 0 Å². The molecule has 1 aromatic carbocycles. The number of nitrogens with one attached hydrogen (secondary N) is 1. The third-order valence-electron chi connectivity index (χ3n) is 4.30. The van der Waals surface area contributed by atoms with Crippen molar-refractivity contribution in [3.63, 3.8) is 0 Å². The first kappa shape index (κ1) is 16.1. The van der Waals surface area contributed by atoms with E-state index in [9.17, 15) is 8.42 Å². The number of rotatable bonds is 4. The van der Waals surface area contributed by atoms with Crippen LogP contribution in [0.3, 0.4) is 0 Å². The Balaban J connectivity index is 1.88. The van der Waals surface area contributed by atoms with Crippen molar-refractivity contribution < 1.29 is 13.2 Å². The number of fused-ring (bicyclic) bond motifs is 1. The van der Waals surface area contributed by atoms with Crippen molar-refractivity contribution in [2.75, 3.05) is 26.7 Å². The SMILES string of the molecule is CNCC1CCN(S(=O)(=O)c2cc(Cl)c3c(c2)CC(C)O3)C1. The minimum atomic E-state index is -3.49. The summed E-state index contributed by atoms with van der Waals surface area (Å²) in [6.07, 6.45) is 1.62. The fourth-order valence-electron chi connectivity index (χ4n) is 3.23. The van der Waals surface area contributed by atoms with Gasteiger partial charge in [0.05, 0.1) is 9.92 Å². The van der Waals surface area contributed by atoms with E-state index in [-0.39, 0.29) is 11.0 Å². The number of hydrogen-bond donors (Lipinski definition) is 1. The van der Waals surface area contributed by atoms with Gasteiger partial charge in [-0.25, -0.2) is 8.42 Å². The summed E-state index contributed by atoms with van der Waals surface area (Å²) < 4.78 is 32.8. The largest absolute Gasteiger partial charge is 0.489 e. The second-order valence-electron chi connectivity index (χ2n) is 6.10. The second-order valence-corrected chi connectivity index (χ2v) is 8.45. The van der Waals surface area contributed by atoms with E-state index in [0.717, 1.165) is 18.5 Å². The average molecular weight is 345 g/mol. The van der Waals surface area contributed by atoms with Crippen LogP contribution in [0.5, 0.6) is 5.75 Å². The number of nitrogens with zero attached hydrogens (tertiary/aromatic N) is 1. The molecular weight excluding hydrogens is 324 g/mol. The lowest BCUT2D eigenvalue weighted by Gasteiger charge is -2.17. The molecule has 2 atom stereocenters. The zero-order valence-corrected chi connectivity index (χ0v) is 14.4. The molecule has 5 nitrogen and oxygen atoms in total. The van der Waals surface area contributed by atoms with Crippen LogP contribution in [0.15, 0.2) is 17.0 Å². The molecule has 0 aliphatic carbocycles. The van der Waals surface area contributed by atoms with Crippen molar-refractivity contribution in [2.45, 2.75) is 30.8 Å². The Hall–Kier alpha value is -0.820. The van der Waals surface area contributed by atoms with Gasteiger partial charge in [-0.05, 0) is 45.0 Å². The Morgan fingerprint density at radius 1 is 1.45 bits per heavy atom. The van der Waals surface area contributed by atoms with Crippen molar-refractivity contribution in [1.82, 2.24) is 9.62 Å². The van der Waals surface area contributed by atoms with Gasteiger partial charge in [0, 0.05) is 25.1 Å². The van der Waals surface area contributed by atoms with Crippen LogP contribution in [0.2, 0.25) is 5.02 Å². The maximum Gasteiger partial charge on any atom is 0.243 e. The van der Waals surface area contributed by atoms with Gasteiger partial charge in [0.25, 0.3) is 0 Å². The first-order valence-electron chi connectivity index (χ1n) is 7.55. The predicted molar refractivity (Wildman–Crippen MR) is 86.0 cm³/mol. The third-order valence-corrected chi connectivity index (χ3v) is 6.42. The van der Waals surface area contributed by atoms with Crippen molar-refractivity contribution in [2.24, 2.45) is 5.92 Å². The Morgan fingerprint density at radius 3 is 2.95 bits per heavy atom. The topological polar surface area (TPSA) is 58.6 Å². The molecule has 0 aromatic heterocycles. The lowest BCUT2D eigenvalue weighted by molar-refractivity contribution is 0.255. The van der Waals surface area contributed by atoms with Crippen LogP contribution in [0.1, 0.15) is 18.9 Å². The molecule has 122 valence electrons. The number of benzene rings is 1. The van der Waals surface area contributed by atoms with Crippen LogP contribution < -0.4 is 10.1 Å². The second kappa shape index (κ2) is 6.00. The Morgan fingerprint density at radius 2 is 2.23 bits per heavy atom. The summed E-state index contributed by atoms with van der Waals surface area (Å²) in [6, 6.07) is 3.23. The Kier molecular flexibility index (Phi) is 4.38. The monoisotopic (exact) mass is 344 g/mol. The fourth-order valence-corrected chi connectivity index (χ4v) is 5.18. The molecule has 2 heterocycles. The first-order valence-corrected chi connectivity index (χ1v) is 9.37. The molecule has 0 amide bonds. The molecule has 22 heavy (non-hydrogen) atoms. The molecule has 7 heteroatoms. The molecule has 0 spiro atoms. The molecule has 1 aromatic rings. The minimum absolute atomic E-state index is 0.0391. The summed E-state index contributed by atoms with van der Waals surface area (Å²) in [5, 5.41) is 3.49. The van der Waals surface area contributed by atoms with Crippen molar-refractivity contribution >= 4 is 21.6 Å². The van der Waals surface area contributed by atoms with Gasteiger partial charge in [0.1, 0.15) is 11.9 Å². The van der Waals surface area contributed by atoms with Gasteiger partial charge in [0.2, 0.25) is 10.0 Å². The van der Waals surface area contributed by atoms with Gasteiger partial charge in [-0.1, -0.05) is 11.6 Å². The Labute approximate surface area is 136 Å². The standard InChI is InChI=1S/C15H21ClN2O3S/c1-10-5-12-6-13(7-14(16)15(12)21-10)22(19,20)18-4-3-11(9-18)8-17-2/h6-7,10-11,17H,3-5,8-9H2,1-2H3. The van der Waals surface area contributed by atoms with E-state index in [1.54, 1.807) is 10.4 Å². The summed E-state index contributed by atoms with van der Waals surface area (Å²) in [4.78, 5) is 0.277. The van der Waals surface area contributed by atoms with E-state index in [2.05, 4.69) is 5.32 Å². The molecule has 2 unspecified atom stereocenters. The highest BCUT2D eigenvalue weighted by Gasteiger charge is 2.34. The summed E-state index contributed by atoms with van der Waals surface area (Å²) in [6.45, 7) is 3.91.